The van der Waals surface area contributed by atoms with Gasteiger partial charge in [0, 0.05) is 35.8 Å². The normalized spacial score (nSPS) is 25.6. The minimum absolute atomic E-state index is 0.0149. The maximum atomic E-state index is 13.8. The number of fused-ring (bicyclic) bond motifs is 1. The molecule has 1 aliphatic carbocycles. The van der Waals surface area contributed by atoms with E-state index in [0.717, 1.165) is 23.0 Å². The van der Waals surface area contributed by atoms with E-state index in [9.17, 15) is 4.79 Å². The molecule has 1 saturated heterocycles. The molecule has 3 N–H and O–H groups in total. The van der Waals surface area contributed by atoms with Crippen molar-refractivity contribution in [1.82, 2.24) is 9.47 Å². The van der Waals surface area contributed by atoms with Crippen molar-refractivity contribution in [2.24, 2.45) is 11.7 Å². The molecule has 2 heterocycles. The van der Waals surface area contributed by atoms with Crippen LogP contribution in [0.5, 0.6) is 0 Å². The maximum Gasteiger partial charge on any atom is 0.258 e. The second kappa shape index (κ2) is 9.38. The first-order chi connectivity index (χ1) is 16.4. The Bertz CT molecular complexity index is 1250. The number of para-hydroxylation sites is 1. The van der Waals surface area contributed by atoms with Crippen LogP contribution in [-0.4, -0.2) is 33.4 Å². The smallest absolute Gasteiger partial charge is 0.258 e. The molecule has 1 saturated carbocycles. The quantitative estimate of drug-likeness (QED) is 0.400. The predicted octanol–water partition coefficient (Wildman–Crippen LogP) is 5.38. The average Bonchev–Trinajstić information content (AvgIpc) is 3.28. The third-order valence-electron chi connectivity index (χ3n) is 8.13. The van der Waals surface area contributed by atoms with E-state index in [-0.39, 0.29) is 11.4 Å². The second-order valence-electron chi connectivity index (χ2n) is 10.4. The van der Waals surface area contributed by atoms with Gasteiger partial charge in [0.1, 0.15) is 5.84 Å². The molecular weight excluding hydrogens is 420 g/mol. The van der Waals surface area contributed by atoms with Gasteiger partial charge in [-0.05, 0) is 81.0 Å². The van der Waals surface area contributed by atoms with E-state index in [4.69, 9.17) is 11.1 Å². The van der Waals surface area contributed by atoms with Crippen LogP contribution in [0.15, 0.2) is 59.4 Å². The average molecular weight is 457 g/mol. The molecule has 2 aliphatic rings. The monoisotopic (exact) mass is 456 g/mol. The molecule has 2 fully saturated rings. The second-order valence-corrected chi connectivity index (χ2v) is 10.4. The molecule has 2 aromatic carbocycles. The molecule has 5 heteroatoms. The number of hydrogen-bond donors (Lipinski definition) is 2. The van der Waals surface area contributed by atoms with Gasteiger partial charge in [-0.3, -0.25) is 15.1 Å². The van der Waals surface area contributed by atoms with Crippen molar-refractivity contribution in [3.05, 3.63) is 70.5 Å². The van der Waals surface area contributed by atoms with Gasteiger partial charge in [-0.15, -0.1) is 0 Å². The fourth-order valence-electron chi connectivity index (χ4n) is 6.47. The Hall–Kier alpha value is -2.92. The van der Waals surface area contributed by atoms with Crippen LogP contribution in [0.25, 0.3) is 22.0 Å². The molecule has 5 nitrogen and oxygen atoms in total. The molecule has 4 atom stereocenters. The molecule has 34 heavy (non-hydrogen) atoms. The number of nitrogen functional groups attached to an aromatic ring is 1. The molecule has 0 bridgehead atoms. The van der Waals surface area contributed by atoms with Crippen molar-refractivity contribution in [1.29, 1.82) is 5.41 Å². The van der Waals surface area contributed by atoms with E-state index >= 15 is 0 Å². The number of likely N-dealkylation sites (tertiary alicyclic amines) is 1. The lowest BCUT2D eigenvalue weighted by atomic mass is 9.94. The summed E-state index contributed by atoms with van der Waals surface area (Å²) in [5.41, 5.74) is 8.90. The van der Waals surface area contributed by atoms with E-state index in [1.165, 1.54) is 38.5 Å². The lowest BCUT2D eigenvalue weighted by Crippen LogP contribution is -2.49. The number of nitrogens with two attached hydrogens (primary N) is 1. The first-order valence-corrected chi connectivity index (χ1v) is 12.8. The lowest BCUT2D eigenvalue weighted by Gasteiger charge is -2.43. The highest BCUT2D eigenvalue weighted by molar-refractivity contribution is 5.96. The number of rotatable bonds is 5. The molecule has 1 aliphatic heterocycles. The van der Waals surface area contributed by atoms with Crippen molar-refractivity contribution in [3.63, 3.8) is 0 Å². The first kappa shape index (κ1) is 22.9. The van der Waals surface area contributed by atoms with Gasteiger partial charge in [0.15, 0.2) is 0 Å². The molecule has 0 spiro atoms. The van der Waals surface area contributed by atoms with Gasteiger partial charge in [-0.1, -0.05) is 42.8 Å². The van der Waals surface area contributed by atoms with E-state index in [1.54, 1.807) is 0 Å². The summed E-state index contributed by atoms with van der Waals surface area (Å²) in [7, 11) is 0. The van der Waals surface area contributed by atoms with Crippen LogP contribution in [0.1, 0.15) is 57.9 Å². The summed E-state index contributed by atoms with van der Waals surface area (Å²) in [5.74, 6) is 0.521. The summed E-state index contributed by atoms with van der Waals surface area (Å²) >= 11 is 0. The summed E-state index contributed by atoms with van der Waals surface area (Å²) in [5, 5.41) is 8.86. The van der Waals surface area contributed by atoms with Crippen molar-refractivity contribution < 1.29 is 0 Å². The highest BCUT2D eigenvalue weighted by Crippen LogP contribution is 2.36. The summed E-state index contributed by atoms with van der Waals surface area (Å²) in [6.07, 6.45) is 7.51. The van der Waals surface area contributed by atoms with Crippen LogP contribution in [0.4, 0.5) is 0 Å². The third-order valence-corrected chi connectivity index (χ3v) is 8.13. The van der Waals surface area contributed by atoms with Gasteiger partial charge in [0.05, 0.1) is 5.52 Å². The third kappa shape index (κ3) is 4.29. The molecule has 1 aromatic heterocycles. The standard InChI is InChI=1S/C29H36N4O/c1-19-7-5-8-20(2)33(19)25-14-13-21(15-25)18-32-27-12-4-3-9-23(27)17-26(29(32)34)22-10-6-11-24(16-22)28(30)31/h3-4,6,9-12,16-17,19-21,25H,5,7-8,13-15,18H2,1-2H3,(H3,30,31)/t19-,20+,21?,25?. The summed E-state index contributed by atoms with van der Waals surface area (Å²) < 4.78 is 2.00. The molecular formula is C29H36N4O. The van der Waals surface area contributed by atoms with Crippen LogP contribution in [0, 0.1) is 11.3 Å². The van der Waals surface area contributed by atoms with E-state index < -0.39 is 0 Å². The number of amidine groups is 1. The lowest BCUT2D eigenvalue weighted by molar-refractivity contribution is 0.0555. The number of piperidine rings is 1. The summed E-state index contributed by atoms with van der Waals surface area (Å²) in [6, 6.07) is 19.6. The molecule has 3 aromatic rings. The number of pyridine rings is 1. The van der Waals surface area contributed by atoms with Crippen molar-refractivity contribution in [2.45, 2.75) is 77.0 Å². The van der Waals surface area contributed by atoms with Gasteiger partial charge in [0.2, 0.25) is 0 Å². The Morgan fingerprint density at radius 3 is 2.53 bits per heavy atom. The fourth-order valence-corrected chi connectivity index (χ4v) is 6.47. The van der Waals surface area contributed by atoms with Gasteiger partial charge < -0.3 is 10.3 Å². The molecule has 5 rings (SSSR count). The van der Waals surface area contributed by atoms with Crippen LogP contribution in [-0.2, 0) is 6.54 Å². The number of aromatic nitrogens is 1. The van der Waals surface area contributed by atoms with Gasteiger partial charge in [-0.25, -0.2) is 0 Å². The Morgan fingerprint density at radius 2 is 1.76 bits per heavy atom. The van der Waals surface area contributed by atoms with Gasteiger partial charge in [-0.2, -0.15) is 0 Å². The van der Waals surface area contributed by atoms with E-state index in [0.29, 0.717) is 35.2 Å². The fraction of sp³-hybridized carbons (Fsp3) is 0.448. The molecule has 0 amide bonds. The number of benzene rings is 2. The van der Waals surface area contributed by atoms with Crippen LogP contribution in [0.2, 0.25) is 0 Å². The molecule has 0 radical (unpaired) electrons. The van der Waals surface area contributed by atoms with E-state index in [2.05, 4.69) is 30.9 Å². The first-order valence-electron chi connectivity index (χ1n) is 12.8. The number of nitrogens with one attached hydrogen (secondary N) is 1. The topological polar surface area (TPSA) is 75.1 Å². The van der Waals surface area contributed by atoms with Gasteiger partial charge >= 0.3 is 0 Å². The van der Waals surface area contributed by atoms with Gasteiger partial charge in [0.25, 0.3) is 5.56 Å². The van der Waals surface area contributed by atoms with Crippen LogP contribution in [0.3, 0.4) is 0 Å². The predicted molar refractivity (Wildman–Crippen MR) is 140 cm³/mol. The SMILES string of the molecule is C[C@@H]1CCC[C@H](C)N1C1CCC(Cn2c(=O)c(-c3cccc(C(=N)N)c3)cc3ccccc32)C1. The number of nitrogens with zero attached hydrogens (tertiary/aromatic N) is 2. The Morgan fingerprint density at radius 1 is 1.00 bits per heavy atom. The molecule has 178 valence electrons. The largest absolute Gasteiger partial charge is 0.384 e. The summed E-state index contributed by atoms with van der Waals surface area (Å²) in [4.78, 5) is 16.6. The zero-order chi connectivity index (χ0) is 23.8. The zero-order valence-corrected chi connectivity index (χ0v) is 20.3. The Kier molecular flexibility index (Phi) is 6.30. The Labute approximate surface area is 202 Å². The highest BCUT2D eigenvalue weighted by atomic mass is 16.1. The molecule has 2 unspecified atom stereocenters. The van der Waals surface area contributed by atoms with Crippen molar-refractivity contribution >= 4 is 16.7 Å². The van der Waals surface area contributed by atoms with Crippen LogP contribution < -0.4 is 11.3 Å². The minimum atomic E-state index is 0.0149. The number of hydrogen-bond acceptors (Lipinski definition) is 3. The highest BCUT2D eigenvalue weighted by Gasteiger charge is 2.36. The maximum absolute atomic E-state index is 13.8. The Balaban J connectivity index is 1.48. The van der Waals surface area contributed by atoms with E-state index in [1.807, 2.05) is 47.0 Å². The van der Waals surface area contributed by atoms with Crippen molar-refractivity contribution in [3.8, 4) is 11.1 Å². The van der Waals surface area contributed by atoms with Crippen LogP contribution >= 0.6 is 0 Å². The summed E-state index contributed by atoms with van der Waals surface area (Å²) in [6.45, 7) is 5.53. The van der Waals surface area contributed by atoms with Crippen molar-refractivity contribution in [2.75, 3.05) is 0 Å². The zero-order valence-electron chi connectivity index (χ0n) is 20.3. The minimum Gasteiger partial charge on any atom is -0.384 e.